The molecule has 6 nitrogen and oxygen atoms in total. The first kappa shape index (κ1) is 22.0. The summed E-state index contributed by atoms with van der Waals surface area (Å²) < 4.78 is 6.10. The Balaban J connectivity index is 1.06. The number of rotatable bonds is 9. The summed E-state index contributed by atoms with van der Waals surface area (Å²) in [7, 11) is 2.21. The quantitative estimate of drug-likeness (QED) is 0.662. The molecule has 4 rings (SSSR count). The van der Waals surface area contributed by atoms with Crippen LogP contribution in [0, 0.1) is 0 Å². The number of hydrogen-bond acceptors (Lipinski definition) is 6. The van der Waals surface area contributed by atoms with Crippen molar-refractivity contribution in [2.45, 2.75) is 38.5 Å². The van der Waals surface area contributed by atoms with Crippen molar-refractivity contribution in [1.82, 2.24) is 20.0 Å². The second-order valence-electron chi connectivity index (χ2n) is 9.27. The Labute approximate surface area is 183 Å². The molecule has 3 aliphatic rings. The van der Waals surface area contributed by atoms with Crippen LogP contribution in [0.2, 0.25) is 0 Å². The fourth-order valence-corrected chi connectivity index (χ4v) is 4.70. The standard InChI is InChI=1S/C24H41N5O/c1-3-27-10-12-28(13-11-27)16-17-30-24-18-22(19-24)25-20-21-4-6-23(7-5-21)29-14-8-26(2)9-15-29/h4-7,22,24-25H,3,8-20H2,1-2H3/t22-,24-. The third kappa shape index (κ3) is 6.17. The Kier molecular flexibility index (Phi) is 8.01. The molecule has 0 aromatic heterocycles. The fourth-order valence-electron chi connectivity index (χ4n) is 4.70. The smallest absolute Gasteiger partial charge is 0.0605 e. The highest BCUT2D eigenvalue weighted by atomic mass is 16.5. The van der Waals surface area contributed by atoms with Crippen LogP contribution in [-0.4, -0.2) is 106 Å². The topological polar surface area (TPSA) is 34.2 Å². The van der Waals surface area contributed by atoms with Crippen LogP contribution in [0.1, 0.15) is 25.3 Å². The molecule has 1 aliphatic carbocycles. The van der Waals surface area contributed by atoms with Crippen LogP contribution in [0.15, 0.2) is 24.3 Å². The number of hydrogen-bond donors (Lipinski definition) is 1. The lowest BCUT2D eigenvalue weighted by Gasteiger charge is -2.37. The third-order valence-corrected chi connectivity index (χ3v) is 7.17. The van der Waals surface area contributed by atoms with Gasteiger partial charge in [-0.2, -0.15) is 0 Å². The molecule has 0 radical (unpaired) electrons. The summed E-state index contributed by atoms with van der Waals surface area (Å²) >= 11 is 0. The van der Waals surface area contributed by atoms with E-state index in [1.807, 2.05) is 0 Å². The monoisotopic (exact) mass is 415 g/mol. The second kappa shape index (κ2) is 10.9. The van der Waals surface area contributed by atoms with E-state index in [9.17, 15) is 0 Å². The molecule has 1 saturated carbocycles. The zero-order chi connectivity index (χ0) is 20.8. The van der Waals surface area contributed by atoms with E-state index in [4.69, 9.17) is 4.74 Å². The van der Waals surface area contributed by atoms with Gasteiger partial charge in [0.05, 0.1) is 12.7 Å². The molecule has 0 unspecified atom stereocenters. The maximum Gasteiger partial charge on any atom is 0.0605 e. The van der Waals surface area contributed by atoms with Crippen LogP contribution in [0.5, 0.6) is 0 Å². The maximum absolute atomic E-state index is 6.10. The van der Waals surface area contributed by atoms with E-state index in [1.54, 1.807) is 0 Å². The van der Waals surface area contributed by atoms with Gasteiger partial charge in [0, 0.05) is 77.2 Å². The van der Waals surface area contributed by atoms with E-state index >= 15 is 0 Å². The van der Waals surface area contributed by atoms with Crippen LogP contribution in [0.4, 0.5) is 5.69 Å². The highest BCUT2D eigenvalue weighted by Gasteiger charge is 2.29. The number of piperazine rings is 2. The van der Waals surface area contributed by atoms with Crippen LogP contribution in [0.3, 0.4) is 0 Å². The van der Waals surface area contributed by atoms with Gasteiger partial charge in [0.1, 0.15) is 0 Å². The van der Waals surface area contributed by atoms with Crippen molar-refractivity contribution in [2.24, 2.45) is 0 Å². The van der Waals surface area contributed by atoms with Crippen LogP contribution < -0.4 is 10.2 Å². The van der Waals surface area contributed by atoms with Gasteiger partial charge in [0.15, 0.2) is 0 Å². The number of ether oxygens (including phenoxy) is 1. The molecule has 1 aromatic carbocycles. The maximum atomic E-state index is 6.10. The summed E-state index contributed by atoms with van der Waals surface area (Å²) in [5, 5.41) is 3.71. The van der Waals surface area contributed by atoms with Crippen molar-refractivity contribution in [1.29, 1.82) is 0 Å². The molecule has 0 amide bonds. The molecule has 1 N–H and O–H groups in total. The predicted octanol–water partition coefficient (Wildman–Crippen LogP) is 1.71. The van der Waals surface area contributed by atoms with Crippen molar-refractivity contribution in [2.75, 3.05) is 84.0 Å². The largest absolute Gasteiger partial charge is 0.377 e. The molecule has 168 valence electrons. The average Bonchev–Trinajstić information content (AvgIpc) is 2.76. The van der Waals surface area contributed by atoms with Crippen molar-refractivity contribution in [3.05, 3.63) is 29.8 Å². The molecule has 2 saturated heterocycles. The first-order chi connectivity index (χ1) is 14.7. The van der Waals surface area contributed by atoms with Gasteiger partial charge in [-0.3, -0.25) is 4.90 Å². The molecular formula is C24H41N5O. The predicted molar refractivity (Wildman–Crippen MR) is 124 cm³/mol. The van der Waals surface area contributed by atoms with E-state index in [0.717, 1.165) is 58.7 Å². The first-order valence-corrected chi connectivity index (χ1v) is 12.0. The van der Waals surface area contributed by atoms with Gasteiger partial charge >= 0.3 is 0 Å². The number of nitrogens with zero attached hydrogens (tertiary/aromatic N) is 4. The molecule has 6 heteroatoms. The van der Waals surface area contributed by atoms with E-state index in [2.05, 4.69) is 63.2 Å². The van der Waals surface area contributed by atoms with Crippen LogP contribution in [0.25, 0.3) is 0 Å². The highest BCUT2D eigenvalue weighted by Crippen LogP contribution is 2.24. The van der Waals surface area contributed by atoms with E-state index < -0.39 is 0 Å². The van der Waals surface area contributed by atoms with Gasteiger partial charge in [0.2, 0.25) is 0 Å². The number of benzene rings is 1. The lowest BCUT2D eigenvalue weighted by atomic mass is 9.89. The minimum atomic E-state index is 0.457. The van der Waals surface area contributed by atoms with Crippen molar-refractivity contribution < 1.29 is 4.74 Å². The van der Waals surface area contributed by atoms with Crippen LogP contribution in [-0.2, 0) is 11.3 Å². The molecule has 2 aliphatic heterocycles. The summed E-state index contributed by atoms with van der Waals surface area (Å²) in [5.41, 5.74) is 2.74. The second-order valence-corrected chi connectivity index (χ2v) is 9.27. The van der Waals surface area contributed by atoms with Crippen molar-refractivity contribution in [3.8, 4) is 0 Å². The molecule has 0 atom stereocenters. The molecule has 1 aromatic rings. The Morgan fingerprint density at radius 3 is 2.23 bits per heavy atom. The van der Waals surface area contributed by atoms with Crippen LogP contribution >= 0.6 is 0 Å². The molecular weight excluding hydrogens is 374 g/mol. The Bertz CT molecular complexity index is 617. The molecule has 2 heterocycles. The van der Waals surface area contributed by atoms with Gasteiger partial charge in [-0.1, -0.05) is 19.1 Å². The minimum absolute atomic E-state index is 0.457. The van der Waals surface area contributed by atoms with Gasteiger partial charge in [0.25, 0.3) is 0 Å². The normalized spacial score (nSPS) is 26.7. The summed E-state index contributed by atoms with van der Waals surface area (Å²) in [5.74, 6) is 0. The summed E-state index contributed by atoms with van der Waals surface area (Å²) in [6, 6.07) is 9.75. The van der Waals surface area contributed by atoms with Crippen molar-refractivity contribution in [3.63, 3.8) is 0 Å². The number of anilines is 1. The third-order valence-electron chi connectivity index (χ3n) is 7.17. The summed E-state index contributed by atoms with van der Waals surface area (Å²) in [6.07, 6.45) is 2.77. The van der Waals surface area contributed by atoms with E-state index in [-0.39, 0.29) is 0 Å². The van der Waals surface area contributed by atoms with E-state index in [1.165, 1.54) is 44.0 Å². The number of likely N-dealkylation sites (N-methyl/N-ethyl adjacent to an activating group) is 2. The van der Waals surface area contributed by atoms with Gasteiger partial charge in [-0.05, 0) is 44.1 Å². The first-order valence-electron chi connectivity index (χ1n) is 12.0. The number of nitrogens with one attached hydrogen (secondary N) is 1. The lowest BCUT2D eigenvalue weighted by molar-refractivity contribution is -0.0279. The van der Waals surface area contributed by atoms with Crippen molar-refractivity contribution >= 4 is 5.69 Å². The Morgan fingerprint density at radius 1 is 0.900 bits per heavy atom. The highest BCUT2D eigenvalue weighted by molar-refractivity contribution is 5.48. The molecule has 0 spiro atoms. The van der Waals surface area contributed by atoms with Gasteiger partial charge in [-0.15, -0.1) is 0 Å². The van der Waals surface area contributed by atoms with E-state index in [0.29, 0.717) is 12.1 Å². The van der Waals surface area contributed by atoms with Gasteiger partial charge < -0.3 is 24.8 Å². The lowest BCUT2D eigenvalue weighted by Crippen LogP contribution is -2.48. The zero-order valence-corrected chi connectivity index (χ0v) is 19.1. The average molecular weight is 416 g/mol. The molecule has 0 bridgehead atoms. The summed E-state index contributed by atoms with van der Waals surface area (Å²) in [6.45, 7) is 15.8. The summed E-state index contributed by atoms with van der Waals surface area (Å²) in [4.78, 5) is 9.97. The Hall–Kier alpha value is -1.18. The Morgan fingerprint density at radius 2 is 1.57 bits per heavy atom. The SMILES string of the molecule is CCN1CCN(CCO[C@H]2C[C@H](NCc3ccc(N4CCN(C)CC4)cc3)C2)CC1. The minimum Gasteiger partial charge on any atom is -0.377 e. The fraction of sp³-hybridized carbons (Fsp3) is 0.750. The van der Waals surface area contributed by atoms with Gasteiger partial charge in [-0.25, -0.2) is 0 Å². The molecule has 30 heavy (non-hydrogen) atoms. The zero-order valence-electron chi connectivity index (χ0n) is 19.1. The molecule has 3 fully saturated rings.